The third-order valence-electron chi connectivity index (χ3n) is 1.22. The van der Waals surface area contributed by atoms with E-state index in [1.54, 1.807) is 0 Å². The Hall–Kier alpha value is -1.74. The molecular weight excluding hydrogens is 144 g/mol. The van der Waals surface area contributed by atoms with E-state index in [1.165, 1.54) is 0 Å². The number of allylic oxidation sites excluding steroid dienone is 10. The zero-order valence-electron chi connectivity index (χ0n) is 6.77. The van der Waals surface area contributed by atoms with Crippen molar-refractivity contribution in [1.29, 1.82) is 0 Å². The molecule has 0 aromatic heterocycles. The Bertz CT molecular complexity index is 282. The molecule has 0 saturated heterocycles. The van der Waals surface area contributed by atoms with Crippen LogP contribution in [0, 0.1) is 11.8 Å². The minimum absolute atomic E-state index is 1.82. The molecule has 0 fully saturated rings. The average molecular weight is 154 g/mol. The zero-order chi connectivity index (χ0) is 8.49. The molecule has 0 aromatic carbocycles. The number of hydrogen-bond acceptors (Lipinski definition) is 0. The molecule has 1 aliphatic rings. The van der Waals surface area contributed by atoms with Crippen molar-refractivity contribution in [2.75, 3.05) is 0 Å². The van der Waals surface area contributed by atoms with Gasteiger partial charge in [0.1, 0.15) is 0 Å². The first-order chi connectivity index (χ1) is 6.00. The molecule has 1 rings (SSSR count). The molecule has 0 spiro atoms. The Kier molecular flexibility index (Phi) is 4.18. The summed E-state index contributed by atoms with van der Waals surface area (Å²) < 4.78 is 0. The molecule has 0 atom stereocenters. The lowest BCUT2D eigenvalue weighted by Crippen LogP contribution is -1.56. The summed E-state index contributed by atoms with van der Waals surface area (Å²) in [5, 5.41) is 0. The van der Waals surface area contributed by atoms with Gasteiger partial charge in [-0.1, -0.05) is 60.4 Å². The maximum absolute atomic E-state index is 2.88. The quantitative estimate of drug-likeness (QED) is 0.471. The van der Waals surface area contributed by atoms with Gasteiger partial charge < -0.3 is 0 Å². The van der Waals surface area contributed by atoms with Crippen LogP contribution in [0.4, 0.5) is 0 Å². The molecule has 0 radical (unpaired) electrons. The molecule has 0 aromatic rings. The standard InChI is InChI=1S/C12H10/c1-2-4-6-8-10-12-11-9-7-5-3-1/h1-10H/b2-1-,3-1?,4-2?,5-3-,6-4+,7-5?,8-6?,9-7+,10-8+. The topological polar surface area (TPSA) is 0 Å². The number of rotatable bonds is 0. The predicted molar refractivity (Wildman–Crippen MR) is 53.5 cm³/mol. The highest BCUT2D eigenvalue weighted by molar-refractivity contribution is 5.29. The van der Waals surface area contributed by atoms with E-state index in [4.69, 9.17) is 0 Å². The summed E-state index contributed by atoms with van der Waals surface area (Å²) in [6.45, 7) is 0. The predicted octanol–water partition coefficient (Wildman–Crippen LogP) is 2.78. The number of hydrogen-bond donors (Lipinski definition) is 0. The van der Waals surface area contributed by atoms with E-state index in [0.29, 0.717) is 0 Å². The second-order valence-corrected chi connectivity index (χ2v) is 2.16. The highest BCUT2D eigenvalue weighted by atomic mass is 13.7. The van der Waals surface area contributed by atoms with Gasteiger partial charge in [0.25, 0.3) is 0 Å². The van der Waals surface area contributed by atoms with E-state index in [2.05, 4.69) is 11.8 Å². The monoisotopic (exact) mass is 154 g/mol. The molecule has 0 nitrogen and oxygen atoms in total. The highest BCUT2D eigenvalue weighted by Gasteiger charge is 1.64. The van der Waals surface area contributed by atoms with Gasteiger partial charge in [-0.25, -0.2) is 0 Å². The summed E-state index contributed by atoms with van der Waals surface area (Å²) in [4.78, 5) is 0. The molecule has 0 aliphatic heterocycles. The van der Waals surface area contributed by atoms with Crippen molar-refractivity contribution in [2.45, 2.75) is 0 Å². The van der Waals surface area contributed by atoms with Crippen LogP contribution in [0.1, 0.15) is 0 Å². The Morgan fingerprint density at radius 3 is 1.17 bits per heavy atom. The molecule has 0 bridgehead atoms. The van der Waals surface area contributed by atoms with Gasteiger partial charge in [0, 0.05) is 0 Å². The fourth-order valence-corrected chi connectivity index (χ4v) is 0.688. The van der Waals surface area contributed by atoms with E-state index in [9.17, 15) is 0 Å². The van der Waals surface area contributed by atoms with E-state index in [0.717, 1.165) is 0 Å². The third-order valence-corrected chi connectivity index (χ3v) is 1.22. The fourth-order valence-electron chi connectivity index (χ4n) is 0.688. The fraction of sp³-hybridized carbons (Fsp3) is 0. The lowest BCUT2D eigenvalue weighted by molar-refractivity contribution is 1.85. The molecule has 0 saturated carbocycles. The molecular formula is C12H10. The maximum Gasteiger partial charge on any atom is -0.0115 e. The van der Waals surface area contributed by atoms with Crippen molar-refractivity contribution in [1.82, 2.24) is 0 Å². The van der Waals surface area contributed by atoms with E-state index in [1.807, 2.05) is 60.8 Å². The molecule has 58 valence electrons. The first-order valence-corrected chi connectivity index (χ1v) is 3.83. The zero-order valence-corrected chi connectivity index (χ0v) is 6.77. The van der Waals surface area contributed by atoms with Gasteiger partial charge in [-0.2, -0.15) is 0 Å². The van der Waals surface area contributed by atoms with Gasteiger partial charge in [-0.05, 0) is 12.2 Å². The molecule has 0 heterocycles. The average Bonchev–Trinajstić information content (AvgIpc) is 2.05. The lowest BCUT2D eigenvalue weighted by atomic mass is 10.3. The van der Waals surface area contributed by atoms with Crippen LogP contribution in [0.2, 0.25) is 0 Å². The van der Waals surface area contributed by atoms with E-state index >= 15 is 0 Å². The molecule has 1 aliphatic carbocycles. The van der Waals surface area contributed by atoms with Crippen LogP contribution >= 0.6 is 0 Å². The molecule has 12 heavy (non-hydrogen) atoms. The van der Waals surface area contributed by atoms with Gasteiger partial charge in [-0.3, -0.25) is 0 Å². The van der Waals surface area contributed by atoms with Crippen LogP contribution in [-0.2, 0) is 0 Å². The Morgan fingerprint density at radius 1 is 0.417 bits per heavy atom. The second-order valence-electron chi connectivity index (χ2n) is 2.16. The van der Waals surface area contributed by atoms with E-state index < -0.39 is 0 Å². The van der Waals surface area contributed by atoms with Crippen molar-refractivity contribution >= 4 is 0 Å². The van der Waals surface area contributed by atoms with Crippen LogP contribution in [0.15, 0.2) is 60.8 Å². The molecule has 0 N–H and O–H groups in total. The van der Waals surface area contributed by atoms with Crippen molar-refractivity contribution in [2.24, 2.45) is 0 Å². The van der Waals surface area contributed by atoms with Crippen LogP contribution < -0.4 is 0 Å². The Balaban J connectivity index is 2.73. The largest absolute Gasteiger partial charge is 0.0702 e. The van der Waals surface area contributed by atoms with Crippen LogP contribution in [0.5, 0.6) is 0 Å². The second kappa shape index (κ2) is 6.00. The summed E-state index contributed by atoms with van der Waals surface area (Å²) in [6.07, 6.45) is 19.2. The van der Waals surface area contributed by atoms with Gasteiger partial charge in [0.2, 0.25) is 0 Å². The third kappa shape index (κ3) is 4.14. The van der Waals surface area contributed by atoms with Crippen molar-refractivity contribution in [3.8, 4) is 11.8 Å². The highest BCUT2D eigenvalue weighted by Crippen LogP contribution is 1.84. The normalized spacial score (nSPS) is 28.0. The first kappa shape index (κ1) is 8.36. The van der Waals surface area contributed by atoms with Crippen molar-refractivity contribution in [3.05, 3.63) is 60.8 Å². The summed E-state index contributed by atoms with van der Waals surface area (Å²) in [5.74, 6) is 5.75. The van der Waals surface area contributed by atoms with Crippen LogP contribution in [-0.4, -0.2) is 0 Å². The molecule has 0 unspecified atom stereocenters. The molecule has 0 amide bonds. The van der Waals surface area contributed by atoms with Gasteiger partial charge in [0.15, 0.2) is 0 Å². The molecule has 0 heteroatoms. The lowest BCUT2D eigenvalue weighted by Gasteiger charge is -1.74. The van der Waals surface area contributed by atoms with Crippen molar-refractivity contribution in [3.63, 3.8) is 0 Å². The summed E-state index contributed by atoms with van der Waals surface area (Å²) in [5.41, 5.74) is 0. The smallest absolute Gasteiger partial charge is 0.0115 e. The van der Waals surface area contributed by atoms with Gasteiger partial charge >= 0.3 is 0 Å². The summed E-state index contributed by atoms with van der Waals surface area (Å²) in [6, 6.07) is 0. The summed E-state index contributed by atoms with van der Waals surface area (Å²) >= 11 is 0. The Labute approximate surface area is 73.3 Å². The van der Waals surface area contributed by atoms with E-state index in [-0.39, 0.29) is 0 Å². The summed E-state index contributed by atoms with van der Waals surface area (Å²) in [7, 11) is 0. The minimum Gasteiger partial charge on any atom is -0.0702 e. The first-order valence-electron chi connectivity index (χ1n) is 3.83. The van der Waals surface area contributed by atoms with Gasteiger partial charge in [-0.15, -0.1) is 0 Å². The van der Waals surface area contributed by atoms with Crippen LogP contribution in [0.25, 0.3) is 0 Å². The Morgan fingerprint density at radius 2 is 0.750 bits per heavy atom. The van der Waals surface area contributed by atoms with Gasteiger partial charge in [0.05, 0.1) is 0 Å². The maximum atomic E-state index is 2.88. The SMILES string of the molecule is C1#C/C=C/C=C/C=C\C=C/C=C/1. The minimum atomic E-state index is 1.82. The van der Waals surface area contributed by atoms with Crippen LogP contribution in [0.3, 0.4) is 0 Å². The van der Waals surface area contributed by atoms with Crippen molar-refractivity contribution < 1.29 is 0 Å².